The van der Waals surface area contributed by atoms with Crippen LogP contribution in [0.2, 0.25) is 0 Å². The number of aliphatic hydroxyl groups is 1. The molecule has 2 aliphatic heterocycles. The van der Waals surface area contributed by atoms with Gasteiger partial charge in [-0.2, -0.15) is 0 Å². The molecule has 0 radical (unpaired) electrons. The minimum atomic E-state index is -0.592. The zero-order valence-corrected chi connectivity index (χ0v) is 23.7. The molecule has 0 aromatic heterocycles. The third kappa shape index (κ3) is 7.95. The van der Waals surface area contributed by atoms with Crippen LogP contribution in [0.1, 0.15) is 29.9 Å². The van der Waals surface area contributed by atoms with E-state index in [0.29, 0.717) is 44.5 Å². The molecule has 0 unspecified atom stereocenters. The molecule has 3 aromatic rings. The van der Waals surface area contributed by atoms with Gasteiger partial charge in [0.25, 0.3) is 0 Å². The summed E-state index contributed by atoms with van der Waals surface area (Å²) in [6.45, 7) is 5.08. The second-order valence-electron chi connectivity index (χ2n) is 10.3. The van der Waals surface area contributed by atoms with Crippen molar-refractivity contribution in [3.05, 3.63) is 96.1 Å². The van der Waals surface area contributed by atoms with Gasteiger partial charge in [0, 0.05) is 31.3 Å². The molecule has 7 heteroatoms. The number of likely N-dealkylation sites (tertiary alicyclic amines) is 1. The van der Waals surface area contributed by atoms with Gasteiger partial charge >= 0.3 is 0 Å². The number of carbonyl (C=O) groups is 1. The molecule has 2 fully saturated rings. The second kappa shape index (κ2) is 15.0. The number of β-amino-alcohol motifs (C(OH)–C–C–N with tert-alkyl or cyclic N) is 1. The summed E-state index contributed by atoms with van der Waals surface area (Å²) in [7, 11) is 0. The van der Waals surface area contributed by atoms with Crippen molar-refractivity contribution in [3.63, 3.8) is 0 Å². The molecular weight excluding hydrogens is 524 g/mol. The van der Waals surface area contributed by atoms with Crippen molar-refractivity contribution < 1.29 is 19.4 Å². The average Bonchev–Trinajstić information content (AvgIpc) is 3.00. The Balaban J connectivity index is 0.00000370. The first-order valence-corrected chi connectivity index (χ1v) is 14.0. The van der Waals surface area contributed by atoms with E-state index in [2.05, 4.69) is 59.5 Å². The number of ether oxygens (including phenoxy) is 2. The third-order valence-electron chi connectivity index (χ3n) is 7.62. The molecule has 0 saturated carbocycles. The van der Waals surface area contributed by atoms with Crippen LogP contribution in [0, 0.1) is 0 Å². The number of para-hydroxylation sites is 1. The first-order valence-electron chi connectivity index (χ1n) is 14.0. The fourth-order valence-corrected chi connectivity index (χ4v) is 5.50. The molecule has 5 rings (SSSR count). The number of piperidine rings is 1. The maximum absolute atomic E-state index is 12.5. The minimum absolute atomic E-state index is 0. The van der Waals surface area contributed by atoms with E-state index in [0.717, 1.165) is 31.5 Å². The predicted molar refractivity (Wildman–Crippen MR) is 162 cm³/mol. The topological polar surface area (TPSA) is 62.2 Å². The fourth-order valence-electron chi connectivity index (χ4n) is 5.50. The van der Waals surface area contributed by atoms with E-state index in [1.165, 1.54) is 16.7 Å². The van der Waals surface area contributed by atoms with Crippen LogP contribution in [-0.4, -0.2) is 79.5 Å². The van der Waals surface area contributed by atoms with Gasteiger partial charge in [-0.3, -0.25) is 4.79 Å². The van der Waals surface area contributed by atoms with Gasteiger partial charge < -0.3 is 24.4 Å². The van der Waals surface area contributed by atoms with E-state index in [1.807, 2.05) is 24.3 Å². The summed E-state index contributed by atoms with van der Waals surface area (Å²) in [5, 5.41) is 10.8. The Morgan fingerprint density at radius 3 is 2.38 bits per heavy atom. The number of halogens is 1. The molecule has 0 spiro atoms. The summed E-state index contributed by atoms with van der Waals surface area (Å²) in [5.41, 5.74) is 4.83. The van der Waals surface area contributed by atoms with Crippen LogP contribution in [0.4, 0.5) is 0 Å². The highest BCUT2D eigenvalue weighted by molar-refractivity contribution is 5.92. The van der Waals surface area contributed by atoms with Gasteiger partial charge in [-0.05, 0) is 60.7 Å². The quantitative estimate of drug-likeness (QED) is 0.360. The summed E-state index contributed by atoms with van der Waals surface area (Å²) in [5.74, 6) is 1.16. The van der Waals surface area contributed by atoms with E-state index >= 15 is 0 Å². The molecule has 0 bridgehead atoms. The lowest BCUT2D eigenvalue weighted by atomic mass is 9.84. The number of rotatable bonds is 9. The van der Waals surface area contributed by atoms with Gasteiger partial charge in [0.15, 0.2) is 0 Å². The highest BCUT2D eigenvalue weighted by Crippen LogP contribution is 2.35. The Hall–Kier alpha value is -3.16. The van der Waals surface area contributed by atoms with Crippen molar-refractivity contribution in [2.75, 3.05) is 52.5 Å². The summed E-state index contributed by atoms with van der Waals surface area (Å²) < 4.78 is 11.3. The summed E-state index contributed by atoms with van der Waals surface area (Å²) in [4.78, 5) is 16.6. The van der Waals surface area contributed by atoms with E-state index in [4.69, 9.17) is 9.47 Å². The summed E-state index contributed by atoms with van der Waals surface area (Å²) in [6.07, 6.45) is 4.93. The molecule has 3 aromatic carbocycles. The number of amides is 1. The molecule has 212 valence electrons. The standard InChI is InChI=1S/C33H38N2O4.ClH/c36-29(25-39-32-13-7-4-10-28(32)14-15-33(37)35-20-22-38-23-21-35)24-34-18-16-27(17-19-34)31-12-6-5-11-30(31)26-8-2-1-3-9-26;/h1-15,27,29,36H,16-25H2;1H/t29-;/m0./s1. The van der Waals surface area contributed by atoms with Gasteiger partial charge in [0.05, 0.1) is 13.2 Å². The number of benzene rings is 3. The molecule has 1 amide bonds. The minimum Gasteiger partial charge on any atom is -0.490 e. The van der Waals surface area contributed by atoms with Crippen LogP contribution < -0.4 is 4.74 Å². The number of morpholine rings is 1. The Labute approximate surface area is 243 Å². The van der Waals surface area contributed by atoms with Crippen LogP contribution >= 0.6 is 12.4 Å². The Morgan fingerprint density at radius 2 is 1.60 bits per heavy atom. The maximum Gasteiger partial charge on any atom is 0.246 e. The van der Waals surface area contributed by atoms with E-state index in [9.17, 15) is 9.90 Å². The maximum atomic E-state index is 12.5. The number of aliphatic hydroxyl groups excluding tert-OH is 1. The first-order chi connectivity index (χ1) is 19.2. The number of hydrogen-bond acceptors (Lipinski definition) is 5. The number of hydrogen-bond donors (Lipinski definition) is 1. The number of carbonyl (C=O) groups excluding carboxylic acids is 1. The molecule has 2 heterocycles. The lowest BCUT2D eigenvalue weighted by Gasteiger charge is -2.34. The van der Waals surface area contributed by atoms with Crippen LogP contribution in [0.3, 0.4) is 0 Å². The Morgan fingerprint density at radius 1 is 0.925 bits per heavy atom. The van der Waals surface area contributed by atoms with Crippen LogP contribution in [0.25, 0.3) is 17.2 Å². The van der Waals surface area contributed by atoms with Gasteiger partial charge in [0.1, 0.15) is 18.5 Å². The SMILES string of the molecule is Cl.O=C(C=Cc1ccccc1OC[C@@H](O)CN1CCC(c2ccccc2-c2ccccc2)CC1)N1CCOCC1. The lowest BCUT2D eigenvalue weighted by molar-refractivity contribution is -0.129. The van der Waals surface area contributed by atoms with Gasteiger partial charge in [-0.25, -0.2) is 0 Å². The van der Waals surface area contributed by atoms with Crippen LogP contribution in [0.15, 0.2) is 84.9 Å². The van der Waals surface area contributed by atoms with E-state index in [1.54, 1.807) is 17.1 Å². The van der Waals surface area contributed by atoms with Crippen molar-refractivity contribution in [1.82, 2.24) is 9.80 Å². The molecule has 6 nitrogen and oxygen atoms in total. The Kier molecular flexibility index (Phi) is 11.2. The predicted octanol–water partition coefficient (Wildman–Crippen LogP) is 5.27. The van der Waals surface area contributed by atoms with Crippen molar-refractivity contribution in [3.8, 4) is 16.9 Å². The monoisotopic (exact) mass is 562 g/mol. The third-order valence-corrected chi connectivity index (χ3v) is 7.62. The molecule has 40 heavy (non-hydrogen) atoms. The van der Waals surface area contributed by atoms with Crippen molar-refractivity contribution in [2.24, 2.45) is 0 Å². The van der Waals surface area contributed by atoms with Gasteiger partial charge in [-0.15, -0.1) is 12.4 Å². The molecule has 1 atom stereocenters. The van der Waals surface area contributed by atoms with Crippen LogP contribution in [0.5, 0.6) is 5.75 Å². The summed E-state index contributed by atoms with van der Waals surface area (Å²) >= 11 is 0. The summed E-state index contributed by atoms with van der Waals surface area (Å²) in [6, 6.07) is 27.0. The zero-order chi connectivity index (χ0) is 26.9. The lowest BCUT2D eigenvalue weighted by Crippen LogP contribution is -2.40. The molecular formula is C33H39ClN2O4. The smallest absolute Gasteiger partial charge is 0.246 e. The second-order valence-corrected chi connectivity index (χ2v) is 10.3. The molecule has 2 aliphatic rings. The zero-order valence-electron chi connectivity index (χ0n) is 22.9. The van der Waals surface area contributed by atoms with Crippen molar-refractivity contribution in [1.29, 1.82) is 0 Å². The molecule has 1 N–H and O–H groups in total. The highest BCUT2D eigenvalue weighted by Gasteiger charge is 2.24. The molecule has 0 aliphatic carbocycles. The van der Waals surface area contributed by atoms with Crippen molar-refractivity contribution in [2.45, 2.75) is 24.9 Å². The van der Waals surface area contributed by atoms with Crippen molar-refractivity contribution >= 4 is 24.4 Å². The van der Waals surface area contributed by atoms with Gasteiger partial charge in [-0.1, -0.05) is 72.8 Å². The fraction of sp³-hybridized carbons (Fsp3) is 0.364. The van der Waals surface area contributed by atoms with E-state index in [-0.39, 0.29) is 24.9 Å². The largest absolute Gasteiger partial charge is 0.490 e. The number of nitrogens with zero attached hydrogens (tertiary/aromatic N) is 2. The van der Waals surface area contributed by atoms with Crippen LogP contribution in [-0.2, 0) is 9.53 Å². The Bertz CT molecular complexity index is 1240. The average molecular weight is 563 g/mol. The molecule has 2 saturated heterocycles. The first kappa shape index (κ1) is 29.8. The normalized spacial score (nSPS) is 17.4. The van der Waals surface area contributed by atoms with Gasteiger partial charge in [0.2, 0.25) is 5.91 Å². The van der Waals surface area contributed by atoms with E-state index < -0.39 is 6.10 Å². The highest BCUT2D eigenvalue weighted by atomic mass is 35.5.